The molecule has 22 heavy (non-hydrogen) atoms. The lowest BCUT2D eigenvalue weighted by molar-refractivity contribution is -0.116. The second-order valence-corrected chi connectivity index (χ2v) is 6.00. The molecule has 2 heterocycles. The molecule has 1 aliphatic heterocycles. The summed E-state index contributed by atoms with van der Waals surface area (Å²) >= 11 is 0. The molecule has 0 saturated heterocycles. The van der Waals surface area contributed by atoms with E-state index in [1.165, 1.54) is 5.56 Å². The molecule has 5 heteroatoms. The van der Waals surface area contributed by atoms with E-state index in [1.807, 2.05) is 29.4 Å². The molecule has 2 aromatic rings. The van der Waals surface area contributed by atoms with Gasteiger partial charge in [-0.25, -0.2) is 0 Å². The molecule has 1 aromatic heterocycles. The molecule has 116 valence electrons. The largest absolute Gasteiger partial charge is 0.394 e. The van der Waals surface area contributed by atoms with Gasteiger partial charge in [0.05, 0.1) is 19.3 Å². The Morgan fingerprint density at radius 1 is 1.41 bits per heavy atom. The number of benzene rings is 1. The summed E-state index contributed by atoms with van der Waals surface area (Å²) in [5.41, 5.74) is 4.36. The summed E-state index contributed by atoms with van der Waals surface area (Å²) in [5.74, 6) is 0.556. The maximum Gasteiger partial charge on any atom is 0.223 e. The zero-order valence-corrected chi connectivity index (χ0v) is 13.0. The summed E-state index contributed by atoms with van der Waals surface area (Å²) in [6.07, 6.45) is 4.73. The molecule has 0 bridgehead atoms. The van der Waals surface area contributed by atoms with Crippen LogP contribution in [-0.2, 0) is 17.8 Å². The van der Waals surface area contributed by atoms with Crippen molar-refractivity contribution in [1.29, 1.82) is 0 Å². The minimum absolute atomic E-state index is 0.0798. The quantitative estimate of drug-likeness (QED) is 0.944. The van der Waals surface area contributed by atoms with Gasteiger partial charge in [-0.05, 0) is 35.6 Å². The Morgan fingerprint density at radius 2 is 2.23 bits per heavy atom. The van der Waals surface area contributed by atoms with Crippen LogP contribution in [-0.4, -0.2) is 33.9 Å². The fraction of sp³-hybridized carbons (Fsp3) is 0.412. The molecule has 0 aliphatic carbocycles. The van der Waals surface area contributed by atoms with Crippen LogP contribution in [0.5, 0.6) is 0 Å². The smallest absolute Gasteiger partial charge is 0.223 e. The predicted molar refractivity (Wildman–Crippen MR) is 85.6 cm³/mol. The molecule has 0 fully saturated rings. The molecular formula is C17H21N3O2. The monoisotopic (exact) mass is 299 g/mol. The number of nitrogens with zero attached hydrogens (tertiary/aromatic N) is 3. The maximum atomic E-state index is 11.8. The number of rotatable bonds is 3. The van der Waals surface area contributed by atoms with Gasteiger partial charge >= 0.3 is 0 Å². The Hall–Kier alpha value is -2.14. The molecule has 0 radical (unpaired) electrons. The average molecular weight is 299 g/mol. The van der Waals surface area contributed by atoms with Crippen LogP contribution in [0.3, 0.4) is 0 Å². The van der Waals surface area contributed by atoms with E-state index >= 15 is 0 Å². The van der Waals surface area contributed by atoms with E-state index in [9.17, 15) is 4.79 Å². The molecular weight excluding hydrogens is 278 g/mol. The summed E-state index contributed by atoms with van der Waals surface area (Å²) in [7, 11) is 0. The second-order valence-electron chi connectivity index (χ2n) is 6.00. The molecule has 0 unspecified atom stereocenters. The van der Waals surface area contributed by atoms with Crippen LogP contribution in [0.25, 0.3) is 11.1 Å². The van der Waals surface area contributed by atoms with Crippen LogP contribution < -0.4 is 4.90 Å². The van der Waals surface area contributed by atoms with Crippen molar-refractivity contribution in [3.63, 3.8) is 0 Å². The van der Waals surface area contributed by atoms with E-state index in [0.717, 1.165) is 29.8 Å². The van der Waals surface area contributed by atoms with Crippen LogP contribution in [0.2, 0.25) is 0 Å². The SMILES string of the molecule is CC(=O)N1C[C@H](C)Cc2cc(-c3cnn(CCO)c3)ccc21. The number of aliphatic hydroxyl groups excluding tert-OH is 1. The summed E-state index contributed by atoms with van der Waals surface area (Å²) < 4.78 is 1.74. The fourth-order valence-corrected chi connectivity index (χ4v) is 3.08. The Labute approximate surface area is 130 Å². The number of hydrogen-bond donors (Lipinski definition) is 1. The lowest BCUT2D eigenvalue weighted by Crippen LogP contribution is -2.37. The highest BCUT2D eigenvalue weighted by molar-refractivity contribution is 5.93. The number of carbonyl (C=O) groups is 1. The van der Waals surface area contributed by atoms with Gasteiger partial charge in [-0.3, -0.25) is 9.48 Å². The highest BCUT2D eigenvalue weighted by atomic mass is 16.3. The molecule has 1 aliphatic rings. The second kappa shape index (κ2) is 5.93. The van der Waals surface area contributed by atoms with Crippen LogP contribution in [0, 0.1) is 5.92 Å². The number of aromatic nitrogens is 2. The summed E-state index contributed by atoms with van der Waals surface area (Å²) in [4.78, 5) is 13.7. The number of hydrogen-bond acceptors (Lipinski definition) is 3. The first-order valence-corrected chi connectivity index (χ1v) is 7.63. The van der Waals surface area contributed by atoms with Crippen LogP contribution in [0.1, 0.15) is 19.4 Å². The number of carbonyl (C=O) groups excluding carboxylic acids is 1. The number of anilines is 1. The summed E-state index contributed by atoms with van der Waals surface area (Å²) in [6, 6.07) is 6.22. The average Bonchev–Trinajstić information content (AvgIpc) is 2.94. The minimum Gasteiger partial charge on any atom is -0.394 e. The third-order valence-electron chi connectivity index (χ3n) is 4.11. The topological polar surface area (TPSA) is 58.4 Å². The van der Waals surface area contributed by atoms with Crippen molar-refractivity contribution >= 4 is 11.6 Å². The molecule has 1 aromatic carbocycles. The first kappa shape index (κ1) is 14.8. The van der Waals surface area contributed by atoms with Gasteiger partial charge in [-0.2, -0.15) is 5.10 Å². The van der Waals surface area contributed by atoms with Crippen molar-refractivity contribution in [2.75, 3.05) is 18.1 Å². The molecule has 0 spiro atoms. The maximum absolute atomic E-state index is 11.8. The van der Waals surface area contributed by atoms with Crippen LogP contribution >= 0.6 is 0 Å². The van der Waals surface area contributed by atoms with Crippen molar-refractivity contribution in [2.45, 2.75) is 26.8 Å². The third kappa shape index (κ3) is 2.76. The zero-order valence-electron chi connectivity index (χ0n) is 13.0. The number of aliphatic hydroxyl groups is 1. The van der Waals surface area contributed by atoms with E-state index in [2.05, 4.69) is 18.1 Å². The van der Waals surface area contributed by atoms with Crippen LogP contribution in [0.15, 0.2) is 30.6 Å². The fourth-order valence-electron chi connectivity index (χ4n) is 3.08. The highest BCUT2D eigenvalue weighted by Gasteiger charge is 2.24. The Balaban J connectivity index is 1.95. The first-order valence-electron chi connectivity index (χ1n) is 7.63. The third-order valence-corrected chi connectivity index (χ3v) is 4.11. The standard InChI is InChI=1S/C17H21N3O2/c1-12-7-15-8-14(16-9-18-19(11-16)5-6-21)3-4-17(15)20(10-12)13(2)22/h3-4,8-9,11-12,21H,5-7,10H2,1-2H3/t12-/m1/s1. The van der Waals surface area contributed by atoms with Gasteiger partial charge in [0.1, 0.15) is 0 Å². The Kier molecular flexibility index (Phi) is 3.98. The highest BCUT2D eigenvalue weighted by Crippen LogP contribution is 2.33. The predicted octanol–water partition coefficient (Wildman–Crippen LogP) is 2.09. The molecule has 0 saturated carbocycles. The van der Waals surface area contributed by atoms with Gasteiger partial charge < -0.3 is 10.0 Å². The van der Waals surface area contributed by atoms with Gasteiger partial charge in [0.25, 0.3) is 0 Å². The lowest BCUT2D eigenvalue weighted by atomic mass is 9.91. The normalized spacial score (nSPS) is 17.4. The molecule has 1 N–H and O–H groups in total. The number of fused-ring (bicyclic) bond motifs is 1. The van der Waals surface area contributed by atoms with Crippen molar-refractivity contribution in [1.82, 2.24) is 9.78 Å². The molecule has 3 rings (SSSR count). The first-order chi connectivity index (χ1) is 10.6. The van der Waals surface area contributed by atoms with Crippen molar-refractivity contribution in [2.24, 2.45) is 5.92 Å². The van der Waals surface area contributed by atoms with Gasteiger partial charge in [0, 0.05) is 30.9 Å². The van der Waals surface area contributed by atoms with Gasteiger partial charge in [0.15, 0.2) is 0 Å². The minimum atomic E-state index is 0.0798. The van der Waals surface area contributed by atoms with E-state index in [-0.39, 0.29) is 12.5 Å². The summed E-state index contributed by atoms with van der Waals surface area (Å²) in [5, 5.41) is 13.2. The van der Waals surface area contributed by atoms with Crippen molar-refractivity contribution < 1.29 is 9.90 Å². The number of amides is 1. The van der Waals surface area contributed by atoms with Crippen molar-refractivity contribution in [3.8, 4) is 11.1 Å². The molecule has 1 atom stereocenters. The van der Waals surface area contributed by atoms with Crippen molar-refractivity contribution in [3.05, 3.63) is 36.2 Å². The zero-order chi connectivity index (χ0) is 15.7. The van der Waals surface area contributed by atoms with Gasteiger partial charge in [-0.15, -0.1) is 0 Å². The van der Waals surface area contributed by atoms with E-state index in [4.69, 9.17) is 5.11 Å². The van der Waals surface area contributed by atoms with E-state index < -0.39 is 0 Å². The van der Waals surface area contributed by atoms with Gasteiger partial charge in [-0.1, -0.05) is 13.0 Å². The Morgan fingerprint density at radius 3 is 2.95 bits per heavy atom. The van der Waals surface area contributed by atoms with E-state index in [0.29, 0.717) is 12.5 Å². The lowest BCUT2D eigenvalue weighted by Gasteiger charge is -2.32. The molecule has 1 amide bonds. The van der Waals surface area contributed by atoms with E-state index in [1.54, 1.807) is 11.6 Å². The van der Waals surface area contributed by atoms with Gasteiger partial charge in [0.2, 0.25) is 5.91 Å². The summed E-state index contributed by atoms with van der Waals surface area (Å²) in [6.45, 7) is 5.16. The Bertz CT molecular complexity index is 693. The van der Waals surface area contributed by atoms with Crippen LogP contribution in [0.4, 0.5) is 5.69 Å². The molecule has 5 nitrogen and oxygen atoms in total.